The molecule has 0 unspecified atom stereocenters. The Bertz CT molecular complexity index is 393. The summed E-state index contributed by atoms with van der Waals surface area (Å²) in [7, 11) is 1.18. The number of hydrogen-bond donors (Lipinski definition) is 0. The zero-order valence-corrected chi connectivity index (χ0v) is 10.9. The van der Waals surface area contributed by atoms with Crippen LogP contribution in [0.4, 0.5) is 13.2 Å². The van der Waals surface area contributed by atoms with Crippen molar-refractivity contribution in [3.63, 3.8) is 0 Å². The van der Waals surface area contributed by atoms with Crippen molar-refractivity contribution in [1.29, 1.82) is 0 Å². The van der Waals surface area contributed by atoms with Gasteiger partial charge in [-0.25, -0.2) is 0 Å². The lowest BCUT2D eigenvalue weighted by Crippen LogP contribution is -2.28. The van der Waals surface area contributed by atoms with E-state index in [1.165, 1.54) is 7.11 Å². The highest BCUT2D eigenvalue weighted by atomic mass is 79.9. The molecule has 0 atom stereocenters. The molecule has 0 aromatic carbocycles. The number of ether oxygens (including phenoxy) is 1. The van der Waals surface area contributed by atoms with E-state index in [0.717, 1.165) is 4.68 Å². The fraction of sp³-hybridized carbons (Fsp3) is 0.667. The fourth-order valence-corrected chi connectivity index (χ4v) is 1.80. The van der Waals surface area contributed by atoms with E-state index in [-0.39, 0.29) is 10.4 Å². The summed E-state index contributed by atoms with van der Waals surface area (Å²) in [6.45, 7) is 4.92. The van der Waals surface area contributed by atoms with Gasteiger partial charge in [0.2, 0.25) is 0 Å². The van der Waals surface area contributed by atoms with Crippen molar-refractivity contribution in [2.75, 3.05) is 7.11 Å². The predicted molar refractivity (Wildman–Crippen MR) is 56.5 cm³/mol. The van der Waals surface area contributed by atoms with Crippen LogP contribution in [0.3, 0.4) is 0 Å². The first-order chi connectivity index (χ1) is 7.09. The first kappa shape index (κ1) is 13.3. The molecule has 1 aromatic heterocycles. The normalized spacial score (nSPS) is 13.0. The molecule has 0 spiro atoms. The van der Waals surface area contributed by atoms with E-state index in [1.807, 2.05) is 0 Å². The van der Waals surface area contributed by atoms with Gasteiger partial charge < -0.3 is 4.74 Å². The first-order valence-electron chi connectivity index (χ1n) is 4.49. The third kappa shape index (κ3) is 2.34. The van der Waals surface area contributed by atoms with Crippen molar-refractivity contribution >= 4 is 15.9 Å². The van der Waals surface area contributed by atoms with Gasteiger partial charge in [0.25, 0.3) is 0 Å². The van der Waals surface area contributed by atoms with Crippen LogP contribution in [-0.2, 0) is 11.7 Å². The molecule has 3 nitrogen and oxygen atoms in total. The number of alkyl halides is 3. The molecular formula is C9H12BrF3N2O. The molecule has 0 N–H and O–H groups in total. The second kappa shape index (κ2) is 3.94. The molecule has 0 radical (unpaired) electrons. The third-order valence-corrected chi connectivity index (χ3v) is 2.43. The van der Waals surface area contributed by atoms with Crippen LogP contribution in [0, 0.1) is 0 Å². The van der Waals surface area contributed by atoms with Crippen LogP contribution in [0.15, 0.2) is 4.60 Å². The average molecular weight is 301 g/mol. The van der Waals surface area contributed by atoms with Crippen LogP contribution < -0.4 is 4.74 Å². The first-order valence-corrected chi connectivity index (χ1v) is 5.28. The lowest BCUT2D eigenvalue weighted by Gasteiger charge is -2.23. The molecule has 0 aliphatic rings. The van der Waals surface area contributed by atoms with Gasteiger partial charge in [-0.3, -0.25) is 4.68 Å². The molecule has 16 heavy (non-hydrogen) atoms. The number of aromatic nitrogens is 2. The van der Waals surface area contributed by atoms with Gasteiger partial charge in [0, 0.05) is 0 Å². The molecule has 0 aliphatic carbocycles. The molecule has 0 saturated heterocycles. The lowest BCUT2D eigenvalue weighted by molar-refractivity contribution is -0.147. The largest absolute Gasteiger partial charge is 0.492 e. The number of methoxy groups -OCH3 is 1. The zero-order chi connectivity index (χ0) is 12.7. The smallest absolute Gasteiger partial charge is 0.436 e. The standard InChI is InChI=1S/C9H12BrF3N2O/c1-8(2,3)15-6(9(11,12)13)5(16-4)7(10)14-15/h1-4H3. The van der Waals surface area contributed by atoms with Gasteiger partial charge >= 0.3 is 6.18 Å². The van der Waals surface area contributed by atoms with Crippen LogP contribution in [0.5, 0.6) is 5.75 Å². The maximum Gasteiger partial charge on any atom is 0.436 e. The van der Waals surface area contributed by atoms with Gasteiger partial charge in [-0.1, -0.05) is 0 Å². The highest BCUT2D eigenvalue weighted by Crippen LogP contribution is 2.42. The van der Waals surface area contributed by atoms with E-state index in [1.54, 1.807) is 20.8 Å². The molecule has 7 heteroatoms. The number of rotatable bonds is 1. The summed E-state index contributed by atoms with van der Waals surface area (Å²) < 4.78 is 44.3. The minimum Gasteiger partial charge on any atom is -0.492 e. The van der Waals surface area contributed by atoms with Crippen molar-refractivity contribution in [1.82, 2.24) is 9.78 Å². The van der Waals surface area contributed by atoms with E-state index in [0.29, 0.717) is 0 Å². The molecule has 1 heterocycles. The van der Waals surface area contributed by atoms with Crippen molar-refractivity contribution in [2.24, 2.45) is 0 Å². The molecule has 0 bridgehead atoms. The second-order valence-corrected chi connectivity index (χ2v) is 5.00. The molecule has 0 aliphatic heterocycles. The monoisotopic (exact) mass is 300 g/mol. The molecular weight excluding hydrogens is 289 g/mol. The second-order valence-electron chi connectivity index (χ2n) is 4.25. The maximum absolute atomic E-state index is 12.9. The Morgan fingerprint density at radius 3 is 2.06 bits per heavy atom. The Morgan fingerprint density at radius 2 is 1.75 bits per heavy atom. The molecule has 1 aromatic rings. The Kier molecular flexibility index (Phi) is 3.29. The average Bonchev–Trinajstić information content (AvgIpc) is 2.40. The molecule has 0 saturated carbocycles. The maximum atomic E-state index is 12.9. The van der Waals surface area contributed by atoms with E-state index < -0.39 is 17.4 Å². The van der Waals surface area contributed by atoms with Gasteiger partial charge in [0.05, 0.1) is 12.6 Å². The minimum absolute atomic E-state index is 0.0530. The molecule has 0 fully saturated rings. The summed E-state index contributed by atoms with van der Waals surface area (Å²) >= 11 is 2.96. The summed E-state index contributed by atoms with van der Waals surface area (Å²) in [6, 6.07) is 0. The Balaban J connectivity index is 3.52. The van der Waals surface area contributed by atoms with Crippen LogP contribution in [0.2, 0.25) is 0 Å². The van der Waals surface area contributed by atoms with Gasteiger partial charge in [-0.15, -0.1) is 0 Å². The van der Waals surface area contributed by atoms with E-state index >= 15 is 0 Å². The van der Waals surface area contributed by atoms with Crippen LogP contribution >= 0.6 is 15.9 Å². The molecule has 0 amide bonds. The van der Waals surface area contributed by atoms with E-state index in [9.17, 15) is 13.2 Å². The van der Waals surface area contributed by atoms with Gasteiger partial charge in [0.15, 0.2) is 16.0 Å². The summed E-state index contributed by atoms with van der Waals surface area (Å²) in [5.74, 6) is -0.289. The van der Waals surface area contributed by atoms with Gasteiger partial charge in [-0.05, 0) is 36.7 Å². The Hall–Kier alpha value is -0.720. The molecule has 1 rings (SSSR count). The Morgan fingerprint density at radius 1 is 1.25 bits per heavy atom. The summed E-state index contributed by atoms with van der Waals surface area (Å²) in [5, 5.41) is 3.81. The van der Waals surface area contributed by atoms with Gasteiger partial charge in [-0.2, -0.15) is 18.3 Å². The third-order valence-electron chi connectivity index (χ3n) is 1.91. The topological polar surface area (TPSA) is 27.1 Å². The van der Waals surface area contributed by atoms with E-state index in [2.05, 4.69) is 21.0 Å². The summed E-state index contributed by atoms with van der Waals surface area (Å²) in [4.78, 5) is 0. The van der Waals surface area contributed by atoms with Crippen molar-refractivity contribution < 1.29 is 17.9 Å². The predicted octanol–water partition coefficient (Wildman–Crippen LogP) is 3.43. The summed E-state index contributed by atoms with van der Waals surface area (Å²) in [5.41, 5.74) is -1.65. The van der Waals surface area contributed by atoms with Gasteiger partial charge in [0.1, 0.15) is 0 Å². The highest BCUT2D eigenvalue weighted by molar-refractivity contribution is 9.10. The van der Waals surface area contributed by atoms with Crippen LogP contribution in [-0.4, -0.2) is 16.9 Å². The number of halogens is 4. The minimum atomic E-state index is -4.50. The lowest BCUT2D eigenvalue weighted by atomic mass is 10.1. The Labute approximate surface area is 99.7 Å². The quantitative estimate of drug-likeness (QED) is 0.794. The summed E-state index contributed by atoms with van der Waals surface area (Å²) in [6.07, 6.45) is -4.50. The number of hydrogen-bond acceptors (Lipinski definition) is 2. The fourth-order valence-electron chi connectivity index (χ4n) is 1.29. The van der Waals surface area contributed by atoms with Crippen molar-refractivity contribution in [2.45, 2.75) is 32.5 Å². The van der Waals surface area contributed by atoms with E-state index in [4.69, 9.17) is 4.74 Å². The van der Waals surface area contributed by atoms with Crippen LogP contribution in [0.25, 0.3) is 0 Å². The zero-order valence-electron chi connectivity index (χ0n) is 9.31. The van der Waals surface area contributed by atoms with Crippen molar-refractivity contribution in [3.8, 4) is 5.75 Å². The molecule has 92 valence electrons. The SMILES string of the molecule is COc1c(Br)nn(C(C)(C)C)c1C(F)(F)F. The van der Waals surface area contributed by atoms with Crippen molar-refractivity contribution in [3.05, 3.63) is 10.3 Å². The van der Waals surface area contributed by atoms with Crippen LogP contribution in [0.1, 0.15) is 26.5 Å². The number of nitrogens with zero attached hydrogens (tertiary/aromatic N) is 2. The highest BCUT2D eigenvalue weighted by Gasteiger charge is 2.43.